The van der Waals surface area contributed by atoms with Crippen LogP contribution in [0.4, 0.5) is 0 Å². The molecule has 0 unspecified atom stereocenters. The van der Waals surface area contributed by atoms with Gasteiger partial charge in [0, 0.05) is 0 Å². The molecule has 0 radical (unpaired) electrons. The minimum absolute atomic E-state index is 0.0271. The van der Waals surface area contributed by atoms with Gasteiger partial charge in [0.2, 0.25) is 5.78 Å². The van der Waals surface area contributed by atoms with E-state index in [0.29, 0.717) is 0 Å². The summed E-state index contributed by atoms with van der Waals surface area (Å²) >= 11 is 26.9. The van der Waals surface area contributed by atoms with Gasteiger partial charge < -0.3 is 4.98 Å². The highest BCUT2D eigenvalue weighted by atomic mass is 35.6. The van der Waals surface area contributed by atoms with Gasteiger partial charge in [-0.1, -0.05) is 58.0 Å². The molecule has 1 aromatic rings. The second-order valence-electron chi connectivity index (χ2n) is 2.02. The molecule has 1 N–H and O–H groups in total. The summed E-state index contributed by atoms with van der Waals surface area (Å²) in [7, 11) is 0. The quantitative estimate of drug-likeness (QED) is 0.634. The second kappa shape index (κ2) is 3.83. The number of hydrogen-bond acceptors (Lipinski definition) is 2. The van der Waals surface area contributed by atoms with Gasteiger partial charge in [0.1, 0.15) is 5.15 Å². The lowest BCUT2D eigenvalue weighted by atomic mass is 10.4. The number of rotatable bonds is 1. The van der Waals surface area contributed by atoms with Crippen molar-refractivity contribution in [3.63, 3.8) is 0 Å². The van der Waals surface area contributed by atoms with E-state index in [1.54, 1.807) is 0 Å². The predicted octanol–water partition coefficient (Wildman–Crippen LogP) is 3.27. The molecule has 0 bridgehead atoms. The molecule has 0 spiro atoms. The molecule has 0 aliphatic rings. The van der Waals surface area contributed by atoms with Gasteiger partial charge in [0.15, 0.2) is 11.0 Å². The van der Waals surface area contributed by atoms with Crippen LogP contribution >= 0.6 is 58.0 Å². The summed E-state index contributed by atoms with van der Waals surface area (Å²) in [6.45, 7) is 0. The normalized spacial score (nSPS) is 11.8. The Kier molecular flexibility index (Phi) is 3.36. The van der Waals surface area contributed by atoms with Crippen LogP contribution in [0.2, 0.25) is 10.3 Å². The molecule has 1 rings (SSSR count). The Hall–Kier alpha value is 0.330. The van der Waals surface area contributed by atoms with Gasteiger partial charge in [-0.3, -0.25) is 4.79 Å². The van der Waals surface area contributed by atoms with E-state index in [9.17, 15) is 4.79 Å². The zero-order valence-electron chi connectivity index (χ0n) is 5.75. The minimum atomic E-state index is -2.06. The summed E-state index contributed by atoms with van der Waals surface area (Å²) in [5.74, 6) is -0.999. The number of alkyl halides is 3. The van der Waals surface area contributed by atoms with E-state index in [2.05, 4.69) is 9.97 Å². The molecule has 0 saturated carbocycles. The molecule has 72 valence electrons. The smallest absolute Gasteiger partial charge is 0.256 e. The van der Waals surface area contributed by atoms with Crippen molar-refractivity contribution < 1.29 is 4.79 Å². The van der Waals surface area contributed by atoms with Gasteiger partial charge in [-0.25, -0.2) is 4.98 Å². The van der Waals surface area contributed by atoms with Crippen LogP contribution < -0.4 is 0 Å². The Morgan fingerprint density at radius 3 is 2.15 bits per heavy atom. The van der Waals surface area contributed by atoms with Crippen molar-refractivity contribution in [1.29, 1.82) is 0 Å². The number of carbonyl (C=O) groups is 1. The summed E-state index contributed by atoms with van der Waals surface area (Å²) in [5.41, 5.74) is 0. The van der Waals surface area contributed by atoms with E-state index < -0.39 is 9.58 Å². The molecule has 1 heterocycles. The number of imidazole rings is 1. The van der Waals surface area contributed by atoms with Crippen LogP contribution in [0.5, 0.6) is 0 Å². The summed E-state index contributed by atoms with van der Waals surface area (Å²) in [5, 5.41) is -0.0152. The molecule has 0 aromatic carbocycles. The van der Waals surface area contributed by atoms with Crippen LogP contribution in [0.15, 0.2) is 0 Å². The monoisotopic (exact) mass is 280 g/mol. The number of H-pyrrole nitrogens is 1. The van der Waals surface area contributed by atoms with Gasteiger partial charge in [-0.2, -0.15) is 0 Å². The first kappa shape index (κ1) is 11.4. The number of carbonyl (C=O) groups excluding carboxylic acids is 1. The van der Waals surface area contributed by atoms with E-state index in [4.69, 9.17) is 58.0 Å². The molecule has 0 aliphatic heterocycles. The van der Waals surface area contributed by atoms with Gasteiger partial charge in [-0.05, 0) is 0 Å². The number of halogens is 5. The zero-order valence-corrected chi connectivity index (χ0v) is 9.52. The third-order valence-corrected chi connectivity index (χ3v) is 2.25. The first-order valence-corrected chi connectivity index (χ1v) is 4.74. The van der Waals surface area contributed by atoms with Crippen molar-refractivity contribution in [3.05, 3.63) is 16.1 Å². The van der Waals surface area contributed by atoms with Crippen molar-refractivity contribution in [1.82, 2.24) is 9.97 Å². The van der Waals surface area contributed by atoms with Crippen molar-refractivity contribution in [2.75, 3.05) is 0 Å². The van der Waals surface area contributed by atoms with Crippen LogP contribution in [-0.2, 0) is 0 Å². The SMILES string of the molecule is O=C(c1nc(Cl)c(Cl)[nH]1)C(Cl)(Cl)Cl. The van der Waals surface area contributed by atoms with Crippen molar-refractivity contribution in [2.45, 2.75) is 3.79 Å². The molecule has 0 atom stereocenters. The number of aromatic nitrogens is 2. The topological polar surface area (TPSA) is 45.8 Å². The molecule has 0 fully saturated rings. The minimum Gasteiger partial charge on any atom is -0.325 e. The maximum absolute atomic E-state index is 11.2. The molecular weight excluding hydrogens is 281 g/mol. The highest BCUT2D eigenvalue weighted by Gasteiger charge is 2.34. The number of hydrogen-bond donors (Lipinski definition) is 1. The fourth-order valence-electron chi connectivity index (χ4n) is 0.573. The summed E-state index contributed by atoms with van der Waals surface area (Å²) in [4.78, 5) is 17.1. The lowest BCUT2D eigenvalue weighted by Gasteiger charge is -2.05. The standard InChI is InChI=1S/C5HCl5N2O/c6-2-3(7)12-4(11-2)1(13)5(8,9)10/h(H,11,12). The average molecular weight is 282 g/mol. The zero-order chi connectivity index (χ0) is 10.2. The van der Waals surface area contributed by atoms with Crippen LogP contribution in [-0.4, -0.2) is 19.5 Å². The van der Waals surface area contributed by atoms with Gasteiger partial charge in [0.05, 0.1) is 0 Å². The number of Topliss-reactive ketones (excluding diaryl/α,β-unsaturated/α-hetero) is 1. The Labute approximate surface area is 98.3 Å². The Morgan fingerprint density at radius 2 is 1.85 bits per heavy atom. The molecule has 13 heavy (non-hydrogen) atoms. The first-order chi connectivity index (χ1) is 5.82. The largest absolute Gasteiger partial charge is 0.325 e. The lowest BCUT2D eigenvalue weighted by Crippen LogP contribution is -2.20. The molecule has 3 nitrogen and oxygen atoms in total. The highest BCUT2D eigenvalue weighted by molar-refractivity contribution is 6.77. The van der Waals surface area contributed by atoms with Crippen LogP contribution in [0, 0.1) is 0 Å². The molecule has 0 aliphatic carbocycles. The van der Waals surface area contributed by atoms with Gasteiger partial charge in [0.25, 0.3) is 3.79 Å². The van der Waals surface area contributed by atoms with Crippen molar-refractivity contribution >= 4 is 63.8 Å². The van der Waals surface area contributed by atoms with Crippen molar-refractivity contribution in [2.24, 2.45) is 0 Å². The molecule has 0 saturated heterocycles. The van der Waals surface area contributed by atoms with E-state index in [1.807, 2.05) is 0 Å². The van der Waals surface area contributed by atoms with Crippen molar-refractivity contribution in [3.8, 4) is 0 Å². The van der Waals surface area contributed by atoms with Crippen LogP contribution in [0.25, 0.3) is 0 Å². The maximum atomic E-state index is 11.2. The summed E-state index contributed by atoms with van der Waals surface area (Å²) in [6, 6.07) is 0. The van der Waals surface area contributed by atoms with Gasteiger partial charge >= 0.3 is 0 Å². The Bertz CT molecular complexity index is 322. The first-order valence-electron chi connectivity index (χ1n) is 2.85. The lowest BCUT2D eigenvalue weighted by molar-refractivity contribution is 0.0987. The molecule has 0 amide bonds. The third-order valence-electron chi connectivity index (χ3n) is 1.09. The molecule has 8 heteroatoms. The number of nitrogens with zero attached hydrogens (tertiary/aromatic N) is 1. The maximum Gasteiger partial charge on any atom is 0.256 e. The third kappa shape index (κ3) is 2.64. The van der Waals surface area contributed by atoms with E-state index in [-0.39, 0.29) is 16.1 Å². The number of aromatic amines is 1. The predicted molar refractivity (Wildman–Crippen MR) is 53.2 cm³/mol. The van der Waals surface area contributed by atoms with E-state index in [1.165, 1.54) is 0 Å². The van der Waals surface area contributed by atoms with Crippen LogP contribution in [0.1, 0.15) is 10.6 Å². The fourth-order valence-corrected chi connectivity index (χ4v) is 1.10. The molecular formula is C5HCl5N2O. The fraction of sp³-hybridized carbons (Fsp3) is 0.200. The summed E-state index contributed by atoms with van der Waals surface area (Å²) < 4.78 is -2.06. The van der Waals surface area contributed by atoms with Gasteiger partial charge in [-0.15, -0.1) is 0 Å². The molecule has 1 aromatic heterocycles. The average Bonchev–Trinajstić information content (AvgIpc) is 2.29. The Morgan fingerprint density at radius 1 is 1.31 bits per heavy atom. The Balaban J connectivity index is 3.03. The highest BCUT2D eigenvalue weighted by Crippen LogP contribution is 2.30. The van der Waals surface area contributed by atoms with E-state index in [0.717, 1.165) is 0 Å². The van der Waals surface area contributed by atoms with E-state index >= 15 is 0 Å². The second-order valence-corrected chi connectivity index (χ2v) is 5.03. The summed E-state index contributed by atoms with van der Waals surface area (Å²) in [6.07, 6.45) is 0. The number of nitrogens with one attached hydrogen (secondary N) is 1. The van der Waals surface area contributed by atoms with Crippen LogP contribution in [0.3, 0.4) is 0 Å². The number of ketones is 1.